The average Bonchev–Trinajstić information content (AvgIpc) is 3.28. The minimum atomic E-state index is -0.196. The zero-order valence-corrected chi connectivity index (χ0v) is 14.3. The number of hydrogen-bond acceptors (Lipinski definition) is 2. The number of ether oxygens (including phenoxy) is 1. The fourth-order valence-electron chi connectivity index (χ4n) is 2.51. The lowest BCUT2D eigenvalue weighted by Crippen LogP contribution is -2.34. The van der Waals surface area contributed by atoms with E-state index in [0.717, 1.165) is 30.4 Å². The number of nitrogens with zero attached hydrogens (tertiary/aromatic N) is 1. The molecule has 1 aliphatic heterocycles. The quantitative estimate of drug-likeness (QED) is 0.386. The molecular weight excluding hydrogens is 286 g/mol. The molecule has 23 heavy (non-hydrogen) atoms. The molecule has 1 aromatic rings. The van der Waals surface area contributed by atoms with Crippen LogP contribution in [-0.4, -0.2) is 29.6 Å². The summed E-state index contributed by atoms with van der Waals surface area (Å²) in [6, 6.07) is 7.75. The molecule has 0 N–H and O–H groups in total. The summed E-state index contributed by atoms with van der Waals surface area (Å²) >= 11 is 0. The Kier molecular flexibility index (Phi) is 6.17. The molecule has 0 radical (unpaired) electrons. The van der Waals surface area contributed by atoms with Gasteiger partial charge in [-0.25, -0.2) is 0 Å². The highest BCUT2D eigenvalue weighted by Crippen LogP contribution is 2.28. The molecule has 0 aromatic heterocycles. The predicted molar refractivity (Wildman–Crippen MR) is 94.4 cm³/mol. The van der Waals surface area contributed by atoms with E-state index in [-0.39, 0.29) is 11.5 Å². The highest BCUT2D eigenvalue weighted by atomic mass is 16.6. The highest BCUT2D eigenvalue weighted by molar-refractivity contribution is 5.96. The molecule has 1 aromatic carbocycles. The molecule has 0 bridgehead atoms. The van der Waals surface area contributed by atoms with Gasteiger partial charge in [0.2, 0.25) is 0 Å². The van der Waals surface area contributed by atoms with Gasteiger partial charge in [-0.15, -0.1) is 6.58 Å². The number of amides is 1. The standard InChI is InChI=1S/C20H27NO2/c1-4-6-7-10-14-21(15-20(3)16-23-20)19(22)18-13-9-8-12-17(18)11-5-2/h5,8-10,12-14H,2,4,6-7,11,15-16H2,1,3H3. The SMILES string of the molecule is C=CCc1ccccc1C(=O)N(C=CCCCC)CC1(C)CO1. The Morgan fingerprint density at radius 3 is 2.83 bits per heavy atom. The molecule has 1 fully saturated rings. The van der Waals surface area contributed by atoms with Crippen LogP contribution in [0.1, 0.15) is 49.0 Å². The van der Waals surface area contributed by atoms with Crippen LogP contribution in [0.3, 0.4) is 0 Å². The Balaban J connectivity index is 2.18. The van der Waals surface area contributed by atoms with Gasteiger partial charge in [-0.2, -0.15) is 0 Å². The van der Waals surface area contributed by atoms with Gasteiger partial charge in [0.15, 0.2) is 0 Å². The third-order valence-electron chi connectivity index (χ3n) is 4.02. The van der Waals surface area contributed by atoms with E-state index in [2.05, 4.69) is 19.6 Å². The number of carbonyl (C=O) groups excluding carboxylic acids is 1. The maximum absolute atomic E-state index is 13.0. The zero-order valence-electron chi connectivity index (χ0n) is 14.3. The minimum Gasteiger partial charge on any atom is -0.368 e. The summed E-state index contributed by atoms with van der Waals surface area (Å²) in [5.74, 6) is 0.0342. The van der Waals surface area contributed by atoms with Crippen molar-refractivity contribution in [2.75, 3.05) is 13.2 Å². The van der Waals surface area contributed by atoms with Crippen LogP contribution in [0.2, 0.25) is 0 Å². The van der Waals surface area contributed by atoms with Crippen molar-refractivity contribution >= 4 is 5.91 Å². The Morgan fingerprint density at radius 2 is 2.17 bits per heavy atom. The van der Waals surface area contributed by atoms with Crippen LogP contribution in [0.4, 0.5) is 0 Å². The molecule has 1 heterocycles. The van der Waals surface area contributed by atoms with E-state index in [1.807, 2.05) is 43.5 Å². The normalized spacial score (nSPS) is 19.7. The summed E-state index contributed by atoms with van der Waals surface area (Å²) in [6.07, 6.45) is 9.83. The lowest BCUT2D eigenvalue weighted by atomic mass is 10.0. The second-order valence-electron chi connectivity index (χ2n) is 6.35. The van der Waals surface area contributed by atoms with Gasteiger partial charge in [-0.05, 0) is 31.4 Å². The van der Waals surface area contributed by atoms with Crippen LogP contribution >= 0.6 is 0 Å². The number of carbonyl (C=O) groups is 1. The summed E-state index contributed by atoms with van der Waals surface area (Å²) < 4.78 is 5.47. The van der Waals surface area contributed by atoms with Gasteiger partial charge in [0.05, 0.1) is 13.2 Å². The topological polar surface area (TPSA) is 32.8 Å². The van der Waals surface area contributed by atoms with Crippen molar-refractivity contribution in [3.8, 4) is 0 Å². The summed E-state index contributed by atoms with van der Waals surface area (Å²) in [6.45, 7) is 9.30. The fraction of sp³-hybridized carbons (Fsp3) is 0.450. The van der Waals surface area contributed by atoms with E-state index >= 15 is 0 Å². The largest absolute Gasteiger partial charge is 0.368 e. The maximum Gasteiger partial charge on any atom is 0.258 e. The van der Waals surface area contributed by atoms with Gasteiger partial charge in [0, 0.05) is 11.8 Å². The number of unbranched alkanes of at least 4 members (excludes halogenated alkanes) is 2. The van der Waals surface area contributed by atoms with Crippen LogP contribution in [0.15, 0.2) is 49.2 Å². The van der Waals surface area contributed by atoms with Crippen molar-refractivity contribution in [1.82, 2.24) is 4.90 Å². The van der Waals surface area contributed by atoms with Crippen LogP contribution in [0.25, 0.3) is 0 Å². The summed E-state index contributed by atoms with van der Waals surface area (Å²) in [5, 5.41) is 0. The van der Waals surface area contributed by atoms with Crippen LogP contribution in [-0.2, 0) is 11.2 Å². The van der Waals surface area contributed by atoms with Gasteiger partial charge in [0.1, 0.15) is 5.60 Å². The van der Waals surface area contributed by atoms with E-state index in [4.69, 9.17) is 4.74 Å². The molecule has 2 rings (SSSR count). The number of rotatable bonds is 9. The van der Waals surface area contributed by atoms with Crippen LogP contribution < -0.4 is 0 Å². The number of epoxide rings is 1. The van der Waals surface area contributed by atoms with Crippen molar-refractivity contribution in [3.63, 3.8) is 0 Å². The number of benzene rings is 1. The molecular formula is C20H27NO2. The number of allylic oxidation sites excluding steroid dienone is 2. The van der Waals surface area contributed by atoms with E-state index in [1.165, 1.54) is 0 Å². The molecule has 1 saturated heterocycles. The van der Waals surface area contributed by atoms with E-state index < -0.39 is 0 Å². The molecule has 1 aliphatic rings. The molecule has 1 atom stereocenters. The van der Waals surface area contributed by atoms with Gasteiger partial charge in [0.25, 0.3) is 5.91 Å². The molecule has 3 heteroatoms. The van der Waals surface area contributed by atoms with E-state index in [1.54, 1.807) is 4.90 Å². The van der Waals surface area contributed by atoms with E-state index in [9.17, 15) is 4.79 Å². The predicted octanol–water partition coefficient (Wildman–Crippen LogP) is 4.35. The summed E-state index contributed by atoms with van der Waals surface area (Å²) in [7, 11) is 0. The molecule has 0 spiro atoms. The average molecular weight is 313 g/mol. The van der Waals surface area contributed by atoms with Crippen molar-refractivity contribution in [3.05, 3.63) is 60.3 Å². The lowest BCUT2D eigenvalue weighted by molar-refractivity contribution is 0.0790. The zero-order chi connectivity index (χ0) is 16.7. The molecule has 0 aliphatic carbocycles. The second-order valence-corrected chi connectivity index (χ2v) is 6.35. The van der Waals surface area contributed by atoms with Gasteiger partial charge < -0.3 is 9.64 Å². The highest BCUT2D eigenvalue weighted by Gasteiger charge is 2.41. The monoisotopic (exact) mass is 313 g/mol. The van der Waals surface area contributed by atoms with Gasteiger partial charge >= 0.3 is 0 Å². The molecule has 1 amide bonds. The summed E-state index contributed by atoms with van der Waals surface area (Å²) in [4.78, 5) is 14.8. The van der Waals surface area contributed by atoms with Crippen molar-refractivity contribution in [2.45, 2.75) is 45.1 Å². The Bertz CT molecular complexity index is 573. The van der Waals surface area contributed by atoms with Crippen LogP contribution in [0.5, 0.6) is 0 Å². The Morgan fingerprint density at radius 1 is 1.43 bits per heavy atom. The van der Waals surface area contributed by atoms with Gasteiger partial charge in [-0.3, -0.25) is 4.79 Å². The van der Waals surface area contributed by atoms with E-state index in [0.29, 0.717) is 19.6 Å². The Labute approximate surface area is 139 Å². The second kappa shape index (κ2) is 8.11. The number of hydrogen-bond donors (Lipinski definition) is 0. The molecule has 3 nitrogen and oxygen atoms in total. The lowest BCUT2D eigenvalue weighted by Gasteiger charge is -2.22. The summed E-state index contributed by atoms with van der Waals surface area (Å²) in [5.41, 5.74) is 1.57. The third kappa shape index (κ3) is 5.07. The van der Waals surface area contributed by atoms with Crippen LogP contribution in [0, 0.1) is 0 Å². The molecule has 124 valence electrons. The molecule has 1 unspecified atom stereocenters. The van der Waals surface area contributed by atoms with Gasteiger partial charge in [-0.1, -0.05) is 50.1 Å². The molecule has 0 saturated carbocycles. The minimum absolute atomic E-state index is 0.0342. The third-order valence-corrected chi connectivity index (χ3v) is 4.02. The smallest absolute Gasteiger partial charge is 0.258 e. The first kappa shape index (κ1) is 17.5. The van der Waals surface area contributed by atoms with Crippen molar-refractivity contribution in [2.24, 2.45) is 0 Å². The first-order valence-electron chi connectivity index (χ1n) is 8.40. The maximum atomic E-state index is 13.0. The first-order chi connectivity index (χ1) is 11.1. The van der Waals surface area contributed by atoms with Crippen molar-refractivity contribution in [1.29, 1.82) is 0 Å². The Hall–Kier alpha value is -1.87. The fourth-order valence-corrected chi connectivity index (χ4v) is 2.51. The first-order valence-corrected chi connectivity index (χ1v) is 8.40. The van der Waals surface area contributed by atoms with Crippen molar-refractivity contribution < 1.29 is 9.53 Å².